The molecule has 0 aromatic heterocycles. The molecule has 22 heavy (non-hydrogen) atoms. The molecule has 0 aliphatic carbocycles. The fourth-order valence-corrected chi connectivity index (χ4v) is 1.98. The number of guanidine groups is 1. The van der Waals surface area contributed by atoms with Crippen LogP contribution in [-0.2, 0) is 13.1 Å². The van der Waals surface area contributed by atoms with Crippen LogP contribution < -0.4 is 10.6 Å². The molecular weight excluding hydrogens is 387 g/mol. The summed E-state index contributed by atoms with van der Waals surface area (Å²) in [6.07, 6.45) is 1.08. The van der Waals surface area contributed by atoms with Crippen molar-refractivity contribution in [3.05, 3.63) is 35.4 Å². The molecule has 1 atom stereocenters. The van der Waals surface area contributed by atoms with Crippen molar-refractivity contribution in [2.75, 3.05) is 20.6 Å². The molecule has 0 saturated heterocycles. The van der Waals surface area contributed by atoms with Crippen molar-refractivity contribution in [1.82, 2.24) is 15.5 Å². The van der Waals surface area contributed by atoms with Gasteiger partial charge in [0.15, 0.2) is 5.96 Å². The highest BCUT2D eigenvalue weighted by molar-refractivity contribution is 14.0. The molecule has 0 spiro atoms. The van der Waals surface area contributed by atoms with Gasteiger partial charge in [0, 0.05) is 26.2 Å². The van der Waals surface area contributed by atoms with Crippen LogP contribution in [0.2, 0.25) is 0 Å². The molecule has 0 amide bonds. The van der Waals surface area contributed by atoms with E-state index in [1.807, 2.05) is 7.05 Å². The first-order valence-electron chi connectivity index (χ1n) is 7.82. The number of rotatable bonds is 7. The molecule has 0 heterocycles. The number of aliphatic imine (C=N–C) groups is 1. The molecule has 1 unspecified atom stereocenters. The third kappa shape index (κ3) is 7.98. The normalized spacial score (nSPS) is 12.7. The van der Waals surface area contributed by atoms with Gasteiger partial charge in [-0.15, -0.1) is 24.0 Å². The van der Waals surface area contributed by atoms with Gasteiger partial charge in [0.25, 0.3) is 0 Å². The third-order valence-electron chi connectivity index (χ3n) is 3.66. The van der Waals surface area contributed by atoms with Gasteiger partial charge in [-0.2, -0.15) is 0 Å². The van der Waals surface area contributed by atoms with Crippen LogP contribution in [0.5, 0.6) is 0 Å². The first kappa shape index (κ1) is 21.2. The van der Waals surface area contributed by atoms with E-state index in [1.54, 1.807) is 0 Å². The molecule has 0 radical (unpaired) electrons. The van der Waals surface area contributed by atoms with E-state index in [0.29, 0.717) is 6.04 Å². The summed E-state index contributed by atoms with van der Waals surface area (Å²) in [7, 11) is 3.95. The predicted octanol–water partition coefficient (Wildman–Crippen LogP) is 3.22. The Bertz CT molecular complexity index is 448. The van der Waals surface area contributed by atoms with Crippen LogP contribution in [0, 0.1) is 0 Å². The van der Waals surface area contributed by atoms with Crippen LogP contribution in [-0.4, -0.2) is 37.5 Å². The molecule has 1 aromatic carbocycles. The summed E-state index contributed by atoms with van der Waals surface area (Å²) in [6, 6.07) is 9.15. The smallest absolute Gasteiger partial charge is 0.191 e. The maximum Gasteiger partial charge on any atom is 0.191 e. The Morgan fingerprint density at radius 1 is 1.27 bits per heavy atom. The van der Waals surface area contributed by atoms with Gasteiger partial charge < -0.3 is 15.5 Å². The quantitative estimate of drug-likeness (QED) is 0.406. The number of halogens is 1. The summed E-state index contributed by atoms with van der Waals surface area (Å²) in [5.74, 6) is 0.862. The molecule has 4 nitrogen and oxygen atoms in total. The zero-order chi connectivity index (χ0) is 15.7. The van der Waals surface area contributed by atoms with Crippen LogP contribution in [0.1, 0.15) is 38.3 Å². The summed E-state index contributed by atoms with van der Waals surface area (Å²) < 4.78 is 0. The highest BCUT2D eigenvalue weighted by atomic mass is 127. The Balaban J connectivity index is 0.00000441. The molecule has 1 rings (SSSR count). The standard InChI is InChI=1S/C17H30N4.HI/c1-6-14(3)20-17(18-4)19-12-15-9-8-10-16(11-15)13-21(5)7-2;/h8-11,14H,6-7,12-13H2,1-5H3,(H2,18,19,20);1H. The molecule has 1 aromatic rings. The Kier molecular flexibility index (Phi) is 11.3. The molecule has 0 aliphatic rings. The van der Waals surface area contributed by atoms with Crippen LogP contribution >= 0.6 is 24.0 Å². The molecule has 0 fully saturated rings. The lowest BCUT2D eigenvalue weighted by molar-refractivity contribution is 0.345. The van der Waals surface area contributed by atoms with Crippen molar-refractivity contribution in [2.45, 2.75) is 46.3 Å². The lowest BCUT2D eigenvalue weighted by Crippen LogP contribution is -2.41. The second-order valence-corrected chi connectivity index (χ2v) is 5.53. The maximum atomic E-state index is 4.26. The van der Waals surface area contributed by atoms with E-state index >= 15 is 0 Å². The Morgan fingerprint density at radius 3 is 2.55 bits per heavy atom. The molecule has 126 valence electrons. The van der Waals surface area contributed by atoms with Gasteiger partial charge in [0.05, 0.1) is 0 Å². The monoisotopic (exact) mass is 418 g/mol. The minimum atomic E-state index is 0. The molecule has 5 heteroatoms. The number of nitrogens with zero attached hydrogens (tertiary/aromatic N) is 2. The zero-order valence-corrected chi connectivity index (χ0v) is 16.8. The van der Waals surface area contributed by atoms with Crippen LogP contribution in [0.15, 0.2) is 29.3 Å². The second-order valence-electron chi connectivity index (χ2n) is 5.53. The van der Waals surface area contributed by atoms with Gasteiger partial charge in [-0.25, -0.2) is 0 Å². The van der Waals surface area contributed by atoms with Gasteiger partial charge in [-0.1, -0.05) is 38.1 Å². The number of hydrogen-bond donors (Lipinski definition) is 2. The number of benzene rings is 1. The van der Waals surface area contributed by atoms with Gasteiger partial charge >= 0.3 is 0 Å². The van der Waals surface area contributed by atoms with Crippen LogP contribution in [0.4, 0.5) is 0 Å². The summed E-state index contributed by atoms with van der Waals surface area (Å²) in [5, 5.41) is 6.74. The zero-order valence-electron chi connectivity index (χ0n) is 14.5. The van der Waals surface area contributed by atoms with E-state index in [1.165, 1.54) is 11.1 Å². The van der Waals surface area contributed by atoms with Crippen LogP contribution in [0.25, 0.3) is 0 Å². The van der Waals surface area contributed by atoms with Gasteiger partial charge in [-0.05, 0) is 38.1 Å². The molecule has 0 saturated carbocycles. The summed E-state index contributed by atoms with van der Waals surface area (Å²) in [4.78, 5) is 6.56. The fraction of sp³-hybridized carbons (Fsp3) is 0.588. The topological polar surface area (TPSA) is 39.7 Å². The fourth-order valence-electron chi connectivity index (χ4n) is 1.98. The largest absolute Gasteiger partial charge is 0.354 e. The van der Waals surface area contributed by atoms with Crippen molar-refractivity contribution in [3.8, 4) is 0 Å². The van der Waals surface area contributed by atoms with E-state index in [4.69, 9.17) is 0 Å². The van der Waals surface area contributed by atoms with E-state index in [2.05, 4.69) is 72.6 Å². The minimum absolute atomic E-state index is 0. The van der Waals surface area contributed by atoms with E-state index in [9.17, 15) is 0 Å². The highest BCUT2D eigenvalue weighted by Crippen LogP contribution is 2.07. The summed E-state index contributed by atoms with van der Waals surface area (Å²) in [6.45, 7) is 9.35. The Morgan fingerprint density at radius 2 is 1.95 bits per heavy atom. The molecular formula is C17H31IN4. The van der Waals surface area contributed by atoms with Crippen molar-refractivity contribution in [2.24, 2.45) is 4.99 Å². The van der Waals surface area contributed by atoms with Gasteiger partial charge in [0.2, 0.25) is 0 Å². The van der Waals surface area contributed by atoms with E-state index in [0.717, 1.165) is 32.0 Å². The van der Waals surface area contributed by atoms with Crippen molar-refractivity contribution in [3.63, 3.8) is 0 Å². The first-order valence-corrected chi connectivity index (χ1v) is 7.82. The average Bonchev–Trinajstić information content (AvgIpc) is 2.51. The molecule has 2 N–H and O–H groups in total. The van der Waals surface area contributed by atoms with Crippen molar-refractivity contribution < 1.29 is 0 Å². The first-order chi connectivity index (χ1) is 10.1. The number of nitrogens with one attached hydrogen (secondary N) is 2. The lowest BCUT2D eigenvalue weighted by atomic mass is 10.1. The number of hydrogen-bond acceptors (Lipinski definition) is 2. The summed E-state index contributed by atoms with van der Waals surface area (Å²) >= 11 is 0. The van der Waals surface area contributed by atoms with E-state index < -0.39 is 0 Å². The Hall–Kier alpha value is -0.820. The maximum absolute atomic E-state index is 4.26. The third-order valence-corrected chi connectivity index (χ3v) is 3.66. The lowest BCUT2D eigenvalue weighted by Gasteiger charge is -2.17. The van der Waals surface area contributed by atoms with Crippen molar-refractivity contribution >= 4 is 29.9 Å². The van der Waals surface area contributed by atoms with Gasteiger partial charge in [-0.3, -0.25) is 4.99 Å². The highest BCUT2D eigenvalue weighted by Gasteiger charge is 2.03. The average molecular weight is 418 g/mol. The minimum Gasteiger partial charge on any atom is -0.354 e. The molecule has 0 bridgehead atoms. The SMILES string of the molecule is CCC(C)NC(=NC)NCc1cccc(CN(C)CC)c1.I. The van der Waals surface area contributed by atoms with E-state index in [-0.39, 0.29) is 24.0 Å². The van der Waals surface area contributed by atoms with Gasteiger partial charge in [0.1, 0.15) is 0 Å². The second kappa shape index (κ2) is 11.7. The van der Waals surface area contributed by atoms with Crippen molar-refractivity contribution in [1.29, 1.82) is 0 Å². The molecule has 0 aliphatic heterocycles. The summed E-state index contributed by atoms with van der Waals surface area (Å²) in [5.41, 5.74) is 2.63. The predicted molar refractivity (Wildman–Crippen MR) is 107 cm³/mol. The van der Waals surface area contributed by atoms with Crippen LogP contribution in [0.3, 0.4) is 0 Å². The Labute approximate surface area is 152 Å².